The van der Waals surface area contributed by atoms with Gasteiger partial charge in [0, 0.05) is 47.5 Å². The van der Waals surface area contributed by atoms with Crippen molar-refractivity contribution in [2.24, 2.45) is 4.99 Å². The van der Waals surface area contributed by atoms with Crippen LogP contribution in [0.4, 0.5) is 5.69 Å². The molecule has 2 heterocycles. The van der Waals surface area contributed by atoms with Gasteiger partial charge in [0.1, 0.15) is 4.70 Å². The highest BCUT2D eigenvalue weighted by Gasteiger charge is 2.26. The van der Waals surface area contributed by atoms with Crippen molar-refractivity contribution in [3.05, 3.63) is 81.3 Å². The molecule has 0 N–H and O–H groups in total. The third-order valence-corrected chi connectivity index (χ3v) is 11.5. The first-order valence-electron chi connectivity index (χ1n) is 14.7. The number of thioether (sulfide) groups is 1. The Morgan fingerprint density at radius 3 is 2.59 bits per heavy atom. The fraction of sp³-hybridized carbons (Fsp3) is 0.312. The van der Waals surface area contributed by atoms with Crippen LogP contribution in [0, 0.1) is 0 Å². The number of nitrogens with zero attached hydrogens (tertiary/aromatic N) is 3. The summed E-state index contributed by atoms with van der Waals surface area (Å²) in [7, 11) is -8.17. The van der Waals surface area contributed by atoms with Crippen LogP contribution in [0.15, 0.2) is 81.2 Å². The molecule has 46 heavy (non-hydrogen) atoms. The number of fused-ring (bicyclic) bond motifs is 4. The van der Waals surface area contributed by atoms with Gasteiger partial charge in [-0.05, 0) is 66.6 Å². The molecule has 14 heteroatoms. The molecule has 4 aromatic rings. The van der Waals surface area contributed by atoms with Crippen molar-refractivity contribution in [3.63, 3.8) is 0 Å². The highest BCUT2D eigenvalue weighted by molar-refractivity contribution is 8.05. The van der Waals surface area contributed by atoms with E-state index in [9.17, 15) is 26.5 Å². The van der Waals surface area contributed by atoms with Crippen molar-refractivity contribution in [2.75, 3.05) is 30.0 Å². The quantitative estimate of drug-likeness (QED) is 0.0597. The Hall–Kier alpha value is -2.94. The van der Waals surface area contributed by atoms with Crippen LogP contribution in [0.3, 0.4) is 0 Å². The molecular weight excluding hydrogens is 686 g/mol. The van der Waals surface area contributed by atoms with E-state index in [0.717, 1.165) is 59.9 Å². The average molecular weight is 719 g/mol. The topological polar surface area (TPSA) is 134 Å². The minimum atomic E-state index is -4.34. The summed E-state index contributed by atoms with van der Waals surface area (Å²) >= 11 is 9.63. The highest BCUT2D eigenvalue weighted by atomic mass is 35.5. The normalized spacial score (nSPS) is 15.4. The largest absolute Gasteiger partial charge is 0.851 e. The zero-order chi connectivity index (χ0) is 33.1. The summed E-state index contributed by atoms with van der Waals surface area (Å²) in [5.41, 5.74) is 3.05. The van der Waals surface area contributed by atoms with Gasteiger partial charge in [0.15, 0.2) is 16.4 Å². The van der Waals surface area contributed by atoms with Crippen LogP contribution in [-0.2, 0) is 26.5 Å². The Morgan fingerprint density at radius 2 is 1.85 bits per heavy atom. The van der Waals surface area contributed by atoms with Gasteiger partial charge < -0.3 is 14.6 Å². The second-order valence-electron chi connectivity index (χ2n) is 10.9. The molecule has 1 aliphatic heterocycles. The molecule has 1 aromatic heterocycles. The number of halogens is 1. The van der Waals surface area contributed by atoms with E-state index in [1.807, 2.05) is 36.4 Å². The predicted molar refractivity (Wildman–Crippen MR) is 186 cm³/mol. The summed E-state index contributed by atoms with van der Waals surface area (Å²) < 4.78 is 60.2. The number of hydrogen-bond acceptors (Lipinski definition) is 10. The van der Waals surface area contributed by atoms with Gasteiger partial charge >= 0.3 is 0 Å². The average Bonchev–Trinajstić information content (AvgIpc) is 3.52. The smallest absolute Gasteiger partial charge is 0.263 e. The fourth-order valence-corrected chi connectivity index (χ4v) is 8.55. The van der Waals surface area contributed by atoms with Gasteiger partial charge in [-0.3, -0.25) is 4.99 Å². The highest BCUT2D eigenvalue weighted by Crippen LogP contribution is 2.47. The lowest BCUT2D eigenvalue weighted by molar-refractivity contribution is -0.667. The molecule has 0 atom stereocenters. The summed E-state index contributed by atoms with van der Waals surface area (Å²) in [4.78, 5) is 6.92. The Bertz CT molecular complexity index is 2090. The zero-order valence-corrected chi connectivity index (χ0v) is 29.3. The third kappa shape index (κ3) is 8.31. The second-order valence-corrected chi connectivity index (χ2v) is 16.9. The molecule has 0 amide bonds. The molecule has 0 saturated carbocycles. The molecular formula is C32H33ClN3O6S4-. The molecule has 0 radical (unpaired) electrons. The lowest BCUT2D eigenvalue weighted by Gasteiger charge is -2.21. The van der Waals surface area contributed by atoms with Gasteiger partial charge in [-0.1, -0.05) is 65.9 Å². The zero-order valence-electron chi connectivity index (χ0n) is 25.3. The number of aromatic nitrogens is 1. The van der Waals surface area contributed by atoms with E-state index in [-0.39, 0.29) is 13.0 Å². The Morgan fingerprint density at radius 1 is 1.07 bits per heavy atom. The van der Waals surface area contributed by atoms with Gasteiger partial charge in [0.05, 0.1) is 31.5 Å². The van der Waals surface area contributed by atoms with Crippen LogP contribution in [0.1, 0.15) is 37.6 Å². The molecule has 244 valence electrons. The third-order valence-electron chi connectivity index (χ3n) is 7.46. The van der Waals surface area contributed by atoms with Crippen molar-refractivity contribution >= 4 is 92.6 Å². The molecule has 0 spiro atoms. The van der Waals surface area contributed by atoms with Gasteiger partial charge in [-0.25, -0.2) is 16.8 Å². The van der Waals surface area contributed by atoms with Crippen molar-refractivity contribution < 1.29 is 31.1 Å². The molecule has 9 nitrogen and oxygen atoms in total. The maximum Gasteiger partial charge on any atom is 0.263 e. The van der Waals surface area contributed by atoms with Crippen LogP contribution in [-0.4, -0.2) is 51.7 Å². The SMILES string of the molecule is CCC(/C=C1\Sc2ccc(Cl)cc2N1CCCCN=C([O-])S(C)(=O)=O)=C\c1sc2ccc3ccccc3c2[n+]1CCCS(=O)(=O)[O-]. The Labute approximate surface area is 282 Å². The molecule has 0 bridgehead atoms. The molecule has 0 aliphatic carbocycles. The number of sulfone groups is 1. The number of unbranched alkanes of at least 4 members (excludes halogenated alkanes) is 1. The molecule has 1 aliphatic rings. The summed E-state index contributed by atoms with van der Waals surface area (Å²) in [6.45, 7) is 3.20. The van der Waals surface area contributed by atoms with Crippen LogP contribution in [0.25, 0.3) is 27.1 Å². The van der Waals surface area contributed by atoms with Crippen LogP contribution in [0.2, 0.25) is 5.02 Å². The van der Waals surface area contributed by atoms with E-state index in [0.29, 0.717) is 31.0 Å². The van der Waals surface area contributed by atoms with Crippen molar-refractivity contribution in [2.45, 2.75) is 44.0 Å². The second kappa shape index (κ2) is 14.4. The number of hydrogen-bond donors (Lipinski definition) is 0. The Kier molecular flexibility index (Phi) is 10.8. The number of allylic oxidation sites excluding steroid dienone is 2. The molecule has 0 unspecified atom stereocenters. The summed E-state index contributed by atoms with van der Waals surface area (Å²) in [6, 6.07) is 18.0. The maximum absolute atomic E-state index is 11.6. The van der Waals surface area contributed by atoms with Gasteiger partial charge in [0.2, 0.25) is 5.52 Å². The van der Waals surface area contributed by atoms with Gasteiger partial charge in [-0.2, -0.15) is 4.57 Å². The monoisotopic (exact) mass is 718 g/mol. The Balaban J connectivity index is 1.48. The first-order valence-corrected chi connectivity index (χ1v) is 20.2. The first-order chi connectivity index (χ1) is 21.8. The standard InChI is InChI=1S/C32H34ClN3O6S4/c1-3-22(19-29-35(26-21-24(33)12-14-27(26)43-29)16-7-6-15-34-32(37)45(2,38)39)20-30-36(17-8-18-46(40,41)42)31-25-10-5-4-9-23(25)11-13-28(31)44-30/h4-5,9-14,19-21H,3,6-8,15-18H2,1-2H3,(H-,34,37,40,41,42)/p-1. The maximum atomic E-state index is 11.6. The van der Waals surface area contributed by atoms with Crippen LogP contribution < -0.4 is 14.6 Å². The van der Waals surface area contributed by atoms with Crippen molar-refractivity contribution in [1.82, 2.24) is 0 Å². The number of benzene rings is 3. The lowest BCUT2D eigenvalue weighted by Crippen LogP contribution is -2.36. The van der Waals surface area contributed by atoms with E-state index in [1.165, 1.54) is 0 Å². The van der Waals surface area contributed by atoms with Crippen LogP contribution in [0.5, 0.6) is 0 Å². The van der Waals surface area contributed by atoms with E-state index in [2.05, 4.69) is 51.7 Å². The minimum absolute atomic E-state index is 0.128. The summed E-state index contributed by atoms with van der Waals surface area (Å²) in [6.07, 6.45) is 7.27. The number of rotatable bonds is 12. The van der Waals surface area contributed by atoms with Gasteiger partial charge in [0.25, 0.3) is 5.01 Å². The molecule has 3 aromatic carbocycles. The summed E-state index contributed by atoms with van der Waals surface area (Å²) in [5.74, 6) is -0.432. The number of aliphatic imine (C=N–C) groups is 1. The van der Waals surface area contributed by atoms with E-state index in [1.54, 1.807) is 23.1 Å². The number of thiazole rings is 1. The fourth-order valence-electron chi connectivity index (χ4n) is 5.25. The summed E-state index contributed by atoms with van der Waals surface area (Å²) in [5, 5.41) is 15.3. The minimum Gasteiger partial charge on any atom is -0.851 e. The lowest BCUT2D eigenvalue weighted by atomic mass is 10.1. The van der Waals surface area contributed by atoms with E-state index < -0.39 is 30.9 Å². The molecule has 5 rings (SSSR count). The first kappa shape index (κ1) is 34.4. The van der Waals surface area contributed by atoms with Crippen LogP contribution >= 0.6 is 34.7 Å². The molecule has 0 fully saturated rings. The molecule has 0 saturated heterocycles. The van der Waals surface area contributed by atoms with Crippen molar-refractivity contribution in [3.8, 4) is 0 Å². The number of aryl methyl sites for hydroxylation is 1. The van der Waals surface area contributed by atoms with E-state index in [4.69, 9.17) is 11.6 Å². The number of anilines is 1. The van der Waals surface area contributed by atoms with E-state index >= 15 is 0 Å². The van der Waals surface area contributed by atoms with Crippen molar-refractivity contribution in [1.29, 1.82) is 0 Å². The predicted octanol–water partition coefficient (Wildman–Crippen LogP) is 5.72. The van der Waals surface area contributed by atoms with Gasteiger partial charge in [-0.15, -0.1) is 0 Å².